The lowest BCUT2D eigenvalue weighted by molar-refractivity contribution is -0.147. The third-order valence-corrected chi connectivity index (χ3v) is 6.44. The van der Waals surface area contributed by atoms with Crippen molar-refractivity contribution in [2.45, 2.75) is 37.6 Å². The molecule has 1 fully saturated rings. The lowest BCUT2D eigenvalue weighted by Gasteiger charge is -2.31. The smallest absolute Gasteiger partial charge is 0.328 e. The molecule has 1 aromatic rings. The molecule has 2 rings (SSSR count). The molecule has 1 aromatic carbocycles. The number of esters is 1. The van der Waals surface area contributed by atoms with E-state index in [4.69, 9.17) is 16.3 Å². The Bertz CT molecular complexity index is 743. The number of nitrogens with one attached hydrogen (secondary N) is 1. The number of carbonyl (C=O) groups excluding carboxylic acids is 2. The van der Waals surface area contributed by atoms with Gasteiger partial charge in [0.25, 0.3) is 0 Å². The van der Waals surface area contributed by atoms with E-state index in [1.165, 1.54) is 28.6 Å². The van der Waals surface area contributed by atoms with Crippen molar-refractivity contribution < 1.29 is 22.7 Å². The summed E-state index contributed by atoms with van der Waals surface area (Å²) in [6.07, 6.45) is 0.794. The molecule has 1 aliphatic rings. The first-order valence-corrected chi connectivity index (χ1v) is 10.3. The predicted molar refractivity (Wildman–Crippen MR) is 97.2 cm³/mol. The number of sulfonamides is 1. The molecule has 1 atom stereocenters. The number of amides is 1. The fourth-order valence-corrected chi connectivity index (χ4v) is 4.37. The van der Waals surface area contributed by atoms with Gasteiger partial charge >= 0.3 is 5.97 Å². The lowest BCUT2D eigenvalue weighted by Crippen LogP contribution is -2.46. The summed E-state index contributed by atoms with van der Waals surface area (Å²) in [5, 5.41) is 3.10. The summed E-state index contributed by atoms with van der Waals surface area (Å²) < 4.78 is 31.5. The van der Waals surface area contributed by atoms with Crippen LogP contribution in [0.25, 0.3) is 0 Å². The SMILES string of the molecule is CCOC(=O)[C@@H](C)NC(=O)C1CCN(S(=O)(=O)c2ccc(Cl)cc2)CC1. The highest BCUT2D eigenvalue weighted by atomic mass is 35.5. The number of halogens is 1. The Morgan fingerprint density at radius 2 is 1.85 bits per heavy atom. The predicted octanol–water partition coefficient (Wildman–Crippen LogP) is 1.81. The summed E-state index contributed by atoms with van der Waals surface area (Å²) in [5.41, 5.74) is 0. The van der Waals surface area contributed by atoms with Crippen molar-refractivity contribution in [1.82, 2.24) is 9.62 Å². The van der Waals surface area contributed by atoms with Gasteiger partial charge < -0.3 is 10.1 Å². The minimum Gasteiger partial charge on any atom is -0.464 e. The van der Waals surface area contributed by atoms with Gasteiger partial charge in [0.2, 0.25) is 15.9 Å². The Morgan fingerprint density at radius 1 is 1.27 bits per heavy atom. The van der Waals surface area contributed by atoms with Crippen LogP contribution in [-0.2, 0) is 24.3 Å². The number of nitrogens with zero attached hydrogens (tertiary/aromatic N) is 1. The summed E-state index contributed by atoms with van der Waals surface area (Å²) in [6.45, 7) is 4.01. The van der Waals surface area contributed by atoms with Crippen LogP contribution in [0, 0.1) is 5.92 Å². The Balaban J connectivity index is 1.93. The van der Waals surface area contributed by atoms with Crippen molar-refractivity contribution in [2.75, 3.05) is 19.7 Å². The Hall–Kier alpha value is -1.64. The highest BCUT2D eigenvalue weighted by molar-refractivity contribution is 7.89. The Labute approximate surface area is 158 Å². The maximum Gasteiger partial charge on any atom is 0.328 e. The van der Waals surface area contributed by atoms with E-state index >= 15 is 0 Å². The third kappa shape index (κ3) is 4.96. The van der Waals surface area contributed by atoms with Crippen molar-refractivity contribution in [3.05, 3.63) is 29.3 Å². The molecule has 7 nitrogen and oxygen atoms in total. The van der Waals surface area contributed by atoms with Crippen LogP contribution >= 0.6 is 11.6 Å². The van der Waals surface area contributed by atoms with Crippen LogP contribution < -0.4 is 5.32 Å². The number of rotatable bonds is 6. The van der Waals surface area contributed by atoms with Gasteiger partial charge in [-0.05, 0) is 51.0 Å². The van der Waals surface area contributed by atoms with Gasteiger partial charge in [0, 0.05) is 24.0 Å². The van der Waals surface area contributed by atoms with E-state index in [9.17, 15) is 18.0 Å². The van der Waals surface area contributed by atoms with Gasteiger partial charge in [-0.1, -0.05) is 11.6 Å². The summed E-state index contributed by atoms with van der Waals surface area (Å²) >= 11 is 5.80. The number of hydrogen-bond donors (Lipinski definition) is 1. The molecule has 0 bridgehead atoms. The molecule has 0 saturated carbocycles. The average molecular weight is 403 g/mol. The Kier molecular flexibility index (Phi) is 7.02. The van der Waals surface area contributed by atoms with Gasteiger partial charge in [0.05, 0.1) is 11.5 Å². The highest BCUT2D eigenvalue weighted by Crippen LogP contribution is 2.25. The first-order chi connectivity index (χ1) is 12.3. The fourth-order valence-electron chi connectivity index (χ4n) is 2.77. The van der Waals surface area contributed by atoms with E-state index in [2.05, 4.69) is 5.32 Å². The zero-order valence-electron chi connectivity index (χ0n) is 14.8. The first-order valence-electron chi connectivity index (χ1n) is 8.48. The van der Waals surface area contributed by atoms with Gasteiger partial charge in [-0.2, -0.15) is 4.31 Å². The van der Waals surface area contributed by atoms with Crippen LogP contribution in [0.4, 0.5) is 0 Å². The monoisotopic (exact) mass is 402 g/mol. The van der Waals surface area contributed by atoms with E-state index in [0.29, 0.717) is 17.9 Å². The molecule has 0 spiro atoms. The highest BCUT2D eigenvalue weighted by Gasteiger charge is 2.33. The number of ether oxygens (including phenoxy) is 1. The second-order valence-electron chi connectivity index (χ2n) is 6.11. The van der Waals surface area contributed by atoms with Crippen molar-refractivity contribution in [3.8, 4) is 0 Å². The van der Waals surface area contributed by atoms with E-state index < -0.39 is 22.0 Å². The largest absolute Gasteiger partial charge is 0.464 e. The van der Waals surface area contributed by atoms with Gasteiger partial charge in [-0.15, -0.1) is 0 Å². The molecule has 9 heteroatoms. The zero-order chi connectivity index (χ0) is 19.3. The molecule has 0 unspecified atom stereocenters. The van der Waals surface area contributed by atoms with Crippen LogP contribution in [0.2, 0.25) is 5.02 Å². The second-order valence-corrected chi connectivity index (χ2v) is 8.49. The Morgan fingerprint density at radius 3 is 2.38 bits per heavy atom. The third-order valence-electron chi connectivity index (χ3n) is 4.28. The number of hydrogen-bond acceptors (Lipinski definition) is 5. The van der Waals surface area contributed by atoms with Crippen LogP contribution in [0.5, 0.6) is 0 Å². The molecule has 26 heavy (non-hydrogen) atoms. The standard InChI is InChI=1S/C17H23ClN2O5S/c1-3-25-17(22)12(2)19-16(21)13-8-10-20(11-9-13)26(23,24)15-6-4-14(18)5-7-15/h4-7,12-13H,3,8-11H2,1-2H3,(H,19,21)/t12-/m1/s1. The summed E-state index contributed by atoms with van der Waals surface area (Å²) in [6, 6.07) is 5.28. The molecular formula is C17H23ClN2O5S. The van der Waals surface area contributed by atoms with Gasteiger partial charge in [-0.25, -0.2) is 13.2 Å². The molecule has 0 radical (unpaired) electrons. The van der Waals surface area contributed by atoms with Crippen LogP contribution in [0.15, 0.2) is 29.2 Å². The second kappa shape index (κ2) is 8.83. The topological polar surface area (TPSA) is 92.8 Å². The number of carbonyl (C=O) groups is 2. The lowest BCUT2D eigenvalue weighted by atomic mass is 9.97. The minimum atomic E-state index is -3.60. The first kappa shape index (κ1) is 20.7. The maximum atomic E-state index is 12.6. The fraction of sp³-hybridized carbons (Fsp3) is 0.529. The zero-order valence-corrected chi connectivity index (χ0v) is 16.3. The quantitative estimate of drug-likeness (QED) is 0.732. The van der Waals surface area contributed by atoms with Crippen LogP contribution in [-0.4, -0.2) is 50.3 Å². The van der Waals surface area contributed by atoms with Crippen molar-refractivity contribution in [3.63, 3.8) is 0 Å². The molecule has 0 aliphatic carbocycles. The minimum absolute atomic E-state index is 0.181. The summed E-state index contributed by atoms with van der Waals surface area (Å²) in [7, 11) is -3.60. The molecule has 1 saturated heterocycles. The van der Waals surface area contributed by atoms with Crippen LogP contribution in [0.1, 0.15) is 26.7 Å². The van der Waals surface area contributed by atoms with E-state index in [1.807, 2.05) is 0 Å². The van der Waals surface area contributed by atoms with Gasteiger partial charge in [-0.3, -0.25) is 4.79 Å². The maximum absolute atomic E-state index is 12.6. The molecule has 1 N–H and O–H groups in total. The average Bonchev–Trinajstić information content (AvgIpc) is 2.62. The molecule has 1 aliphatic heterocycles. The van der Waals surface area contributed by atoms with Gasteiger partial charge in [0.15, 0.2) is 0 Å². The molecule has 0 aromatic heterocycles. The molecule has 1 heterocycles. The van der Waals surface area contributed by atoms with Crippen molar-refractivity contribution in [2.24, 2.45) is 5.92 Å². The number of piperidine rings is 1. The van der Waals surface area contributed by atoms with Crippen molar-refractivity contribution in [1.29, 1.82) is 0 Å². The van der Waals surface area contributed by atoms with E-state index in [0.717, 1.165) is 0 Å². The van der Waals surface area contributed by atoms with Crippen molar-refractivity contribution >= 4 is 33.5 Å². The van der Waals surface area contributed by atoms with E-state index in [1.54, 1.807) is 13.8 Å². The van der Waals surface area contributed by atoms with Crippen LogP contribution in [0.3, 0.4) is 0 Å². The normalized spacial score (nSPS) is 17.5. The number of benzene rings is 1. The van der Waals surface area contributed by atoms with E-state index in [-0.39, 0.29) is 36.4 Å². The molecule has 144 valence electrons. The molecular weight excluding hydrogens is 380 g/mol. The van der Waals surface area contributed by atoms with Gasteiger partial charge in [0.1, 0.15) is 6.04 Å². The summed E-state index contributed by atoms with van der Waals surface area (Å²) in [4.78, 5) is 24.1. The summed E-state index contributed by atoms with van der Waals surface area (Å²) in [5.74, 6) is -1.07. The molecule has 1 amide bonds.